The van der Waals surface area contributed by atoms with E-state index in [0.717, 1.165) is 18.6 Å². The van der Waals surface area contributed by atoms with Crippen molar-refractivity contribution >= 4 is 39.1 Å². The number of rotatable bonds is 2. The van der Waals surface area contributed by atoms with Crippen molar-refractivity contribution in [3.63, 3.8) is 0 Å². The van der Waals surface area contributed by atoms with E-state index in [9.17, 15) is 0 Å². The molecular formula is C14H16BrCl2N. The van der Waals surface area contributed by atoms with Crippen molar-refractivity contribution < 1.29 is 0 Å². The molecule has 18 heavy (non-hydrogen) atoms. The molecule has 0 radical (unpaired) electrons. The van der Waals surface area contributed by atoms with Crippen LogP contribution in [0, 0.1) is 0 Å². The van der Waals surface area contributed by atoms with E-state index in [4.69, 9.17) is 23.2 Å². The Morgan fingerprint density at radius 3 is 2.39 bits per heavy atom. The molecule has 0 saturated carbocycles. The number of halogens is 3. The zero-order valence-corrected chi connectivity index (χ0v) is 13.2. The molecule has 2 heterocycles. The molecule has 98 valence electrons. The van der Waals surface area contributed by atoms with Crippen LogP contribution in [0.15, 0.2) is 18.2 Å². The van der Waals surface area contributed by atoms with Crippen LogP contribution in [-0.4, -0.2) is 21.8 Å². The standard InChI is InChI=1S/C14H16BrCl2N/c15-10-6-11-2-3-12(7-10)18(11)8-9-1-4-13(16)14(17)5-9/h1,4-5,10-12H,2-3,6-8H2. The van der Waals surface area contributed by atoms with Gasteiger partial charge in [0, 0.05) is 23.5 Å². The third-order valence-corrected chi connectivity index (χ3v) is 5.66. The van der Waals surface area contributed by atoms with Gasteiger partial charge in [-0.3, -0.25) is 4.90 Å². The topological polar surface area (TPSA) is 3.24 Å². The van der Waals surface area contributed by atoms with Gasteiger partial charge in [-0.2, -0.15) is 0 Å². The van der Waals surface area contributed by atoms with Gasteiger partial charge in [0.05, 0.1) is 10.0 Å². The molecule has 2 aliphatic rings. The Morgan fingerprint density at radius 2 is 1.78 bits per heavy atom. The van der Waals surface area contributed by atoms with Crippen molar-refractivity contribution in [2.24, 2.45) is 0 Å². The molecule has 1 aromatic carbocycles. The average molecular weight is 349 g/mol. The van der Waals surface area contributed by atoms with Crippen LogP contribution in [0.2, 0.25) is 10.0 Å². The van der Waals surface area contributed by atoms with Crippen LogP contribution in [0.1, 0.15) is 31.2 Å². The van der Waals surface area contributed by atoms with E-state index >= 15 is 0 Å². The Hall–Kier alpha value is 0.240. The molecule has 2 saturated heterocycles. The van der Waals surface area contributed by atoms with E-state index < -0.39 is 0 Å². The van der Waals surface area contributed by atoms with Crippen LogP contribution in [0.5, 0.6) is 0 Å². The van der Waals surface area contributed by atoms with Crippen molar-refractivity contribution in [2.45, 2.75) is 49.1 Å². The lowest BCUT2D eigenvalue weighted by atomic mass is 10.0. The van der Waals surface area contributed by atoms with Gasteiger partial charge in [-0.25, -0.2) is 0 Å². The van der Waals surface area contributed by atoms with E-state index in [1.165, 1.54) is 31.2 Å². The van der Waals surface area contributed by atoms with E-state index in [0.29, 0.717) is 14.9 Å². The summed E-state index contributed by atoms with van der Waals surface area (Å²) < 4.78 is 0. The van der Waals surface area contributed by atoms with Crippen LogP contribution in [0.4, 0.5) is 0 Å². The fraction of sp³-hybridized carbons (Fsp3) is 0.571. The van der Waals surface area contributed by atoms with Crippen molar-refractivity contribution in [3.05, 3.63) is 33.8 Å². The lowest BCUT2D eigenvalue weighted by Crippen LogP contribution is -2.42. The molecule has 1 nitrogen and oxygen atoms in total. The number of fused-ring (bicyclic) bond motifs is 2. The lowest BCUT2D eigenvalue weighted by molar-refractivity contribution is 0.137. The molecular weight excluding hydrogens is 333 g/mol. The second-order valence-electron chi connectivity index (χ2n) is 5.37. The molecule has 0 aliphatic carbocycles. The summed E-state index contributed by atoms with van der Waals surface area (Å²) in [5.74, 6) is 0. The van der Waals surface area contributed by atoms with E-state index in [-0.39, 0.29) is 0 Å². The summed E-state index contributed by atoms with van der Waals surface area (Å²) in [6, 6.07) is 7.47. The molecule has 2 unspecified atom stereocenters. The second-order valence-corrected chi connectivity index (χ2v) is 7.48. The van der Waals surface area contributed by atoms with E-state index in [1.54, 1.807) is 0 Å². The molecule has 0 spiro atoms. The monoisotopic (exact) mass is 347 g/mol. The highest BCUT2D eigenvalue weighted by atomic mass is 79.9. The van der Waals surface area contributed by atoms with Gasteiger partial charge in [0.25, 0.3) is 0 Å². The van der Waals surface area contributed by atoms with Gasteiger partial charge >= 0.3 is 0 Å². The van der Waals surface area contributed by atoms with Crippen LogP contribution in [0.3, 0.4) is 0 Å². The molecule has 2 fully saturated rings. The predicted molar refractivity (Wildman–Crippen MR) is 80.8 cm³/mol. The Labute approximate surface area is 127 Å². The smallest absolute Gasteiger partial charge is 0.0595 e. The summed E-state index contributed by atoms with van der Waals surface area (Å²) in [5.41, 5.74) is 1.27. The highest BCUT2D eigenvalue weighted by molar-refractivity contribution is 9.09. The molecule has 0 amide bonds. The first kappa shape index (κ1) is 13.2. The number of benzene rings is 1. The van der Waals surface area contributed by atoms with Gasteiger partial charge in [0.1, 0.15) is 0 Å². The second kappa shape index (κ2) is 5.32. The summed E-state index contributed by atoms with van der Waals surface area (Å²) in [6.07, 6.45) is 5.23. The fourth-order valence-corrected chi connectivity index (χ4v) is 4.50. The molecule has 2 bridgehead atoms. The zero-order valence-electron chi connectivity index (χ0n) is 10.1. The van der Waals surface area contributed by atoms with Gasteiger partial charge in [0.15, 0.2) is 0 Å². The normalized spacial score (nSPS) is 31.8. The number of alkyl halides is 1. The van der Waals surface area contributed by atoms with Gasteiger partial charge < -0.3 is 0 Å². The first-order valence-corrected chi connectivity index (χ1v) is 8.14. The number of hydrogen-bond acceptors (Lipinski definition) is 1. The van der Waals surface area contributed by atoms with Gasteiger partial charge in [0.2, 0.25) is 0 Å². The Kier molecular flexibility index (Phi) is 3.91. The third-order valence-electron chi connectivity index (χ3n) is 4.18. The minimum atomic E-state index is 0.641. The zero-order chi connectivity index (χ0) is 12.7. The Bertz CT molecular complexity index is 437. The van der Waals surface area contributed by atoms with Crippen LogP contribution < -0.4 is 0 Å². The van der Waals surface area contributed by atoms with Crippen molar-refractivity contribution in [2.75, 3.05) is 0 Å². The Morgan fingerprint density at radius 1 is 1.11 bits per heavy atom. The van der Waals surface area contributed by atoms with Crippen LogP contribution >= 0.6 is 39.1 Å². The minimum absolute atomic E-state index is 0.641. The SMILES string of the molecule is Clc1ccc(CN2C3CCC2CC(Br)C3)cc1Cl. The summed E-state index contributed by atoms with van der Waals surface area (Å²) in [4.78, 5) is 3.36. The predicted octanol–water partition coefficient (Wildman–Crippen LogP) is 4.88. The van der Waals surface area contributed by atoms with E-state index in [1.807, 2.05) is 12.1 Å². The fourth-order valence-electron chi connectivity index (χ4n) is 3.31. The highest BCUT2D eigenvalue weighted by Crippen LogP contribution is 2.39. The van der Waals surface area contributed by atoms with E-state index in [2.05, 4.69) is 26.9 Å². The summed E-state index contributed by atoms with van der Waals surface area (Å²) in [7, 11) is 0. The lowest BCUT2D eigenvalue weighted by Gasteiger charge is -2.37. The molecule has 2 atom stereocenters. The molecule has 0 N–H and O–H groups in total. The van der Waals surface area contributed by atoms with Crippen LogP contribution in [0.25, 0.3) is 0 Å². The molecule has 3 rings (SSSR count). The summed E-state index contributed by atoms with van der Waals surface area (Å²) in [5, 5.41) is 1.31. The third kappa shape index (κ3) is 2.58. The maximum absolute atomic E-state index is 6.09. The first-order valence-electron chi connectivity index (χ1n) is 6.47. The quantitative estimate of drug-likeness (QED) is 0.688. The molecule has 2 aliphatic heterocycles. The number of piperidine rings is 1. The van der Waals surface area contributed by atoms with Crippen molar-refractivity contribution in [1.29, 1.82) is 0 Å². The number of hydrogen-bond donors (Lipinski definition) is 0. The van der Waals surface area contributed by atoms with Crippen LogP contribution in [-0.2, 0) is 6.54 Å². The first-order chi connectivity index (χ1) is 8.63. The number of nitrogens with zero attached hydrogens (tertiary/aromatic N) is 1. The van der Waals surface area contributed by atoms with Gasteiger partial charge in [-0.05, 0) is 43.4 Å². The summed E-state index contributed by atoms with van der Waals surface area (Å²) in [6.45, 7) is 1.01. The molecule has 0 aromatic heterocycles. The van der Waals surface area contributed by atoms with Crippen molar-refractivity contribution in [1.82, 2.24) is 4.90 Å². The molecule has 4 heteroatoms. The largest absolute Gasteiger partial charge is 0.293 e. The minimum Gasteiger partial charge on any atom is -0.293 e. The molecule has 1 aromatic rings. The maximum atomic E-state index is 6.09. The van der Waals surface area contributed by atoms with Gasteiger partial charge in [-0.1, -0.05) is 45.2 Å². The average Bonchev–Trinajstić information content (AvgIpc) is 2.58. The highest BCUT2D eigenvalue weighted by Gasteiger charge is 2.39. The maximum Gasteiger partial charge on any atom is 0.0595 e. The Balaban J connectivity index is 1.75. The van der Waals surface area contributed by atoms with Gasteiger partial charge in [-0.15, -0.1) is 0 Å². The van der Waals surface area contributed by atoms with Crippen molar-refractivity contribution in [3.8, 4) is 0 Å². The summed E-state index contributed by atoms with van der Waals surface area (Å²) >= 11 is 15.8.